The third-order valence-corrected chi connectivity index (χ3v) is 7.70. The highest BCUT2D eigenvalue weighted by Gasteiger charge is 2.29. The van der Waals surface area contributed by atoms with Crippen LogP contribution in [0.1, 0.15) is 56.9 Å². The first kappa shape index (κ1) is 28.7. The molecule has 2 unspecified atom stereocenters. The number of ether oxygens (including phenoxy) is 9. The first-order chi connectivity index (χ1) is 19.1. The Labute approximate surface area is 230 Å². The third-order valence-electron chi connectivity index (χ3n) is 7.70. The van der Waals surface area contributed by atoms with Crippen molar-refractivity contribution in [2.75, 3.05) is 46.8 Å². The van der Waals surface area contributed by atoms with E-state index in [4.69, 9.17) is 42.6 Å². The maximum atomic E-state index is 12.7. The largest absolute Gasteiger partial charge is 0.467 e. The Morgan fingerprint density at radius 1 is 0.769 bits per heavy atom. The molecule has 10 heteroatoms. The van der Waals surface area contributed by atoms with Crippen LogP contribution in [0.15, 0.2) is 18.2 Å². The van der Waals surface area contributed by atoms with Gasteiger partial charge in [0.15, 0.2) is 6.79 Å². The van der Waals surface area contributed by atoms with Gasteiger partial charge in [-0.2, -0.15) is 0 Å². The van der Waals surface area contributed by atoms with Gasteiger partial charge in [0.1, 0.15) is 37.3 Å². The summed E-state index contributed by atoms with van der Waals surface area (Å²) in [5, 5.41) is 0. The monoisotopic (exact) mass is 550 g/mol. The molecule has 0 bridgehead atoms. The van der Waals surface area contributed by atoms with Gasteiger partial charge < -0.3 is 42.6 Å². The minimum atomic E-state index is -0.185. The number of benzene rings is 1. The van der Waals surface area contributed by atoms with Crippen molar-refractivity contribution in [3.05, 3.63) is 23.8 Å². The van der Waals surface area contributed by atoms with E-state index in [1.54, 1.807) is 6.07 Å². The first-order valence-electron chi connectivity index (χ1n) is 14.3. The minimum Gasteiger partial charge on any atom is -0.467 e. The molecule has 2 aliphatic heterocycles. The molecule has 0 aromatic heterocycles. The normalized spacial score (nSPS) is 30.1. The molecule has 0 N–H and O–H groups in total. The number of hydrogen-bond acceptors (Lipinski definition) is 10. The predicted octanol–water partition coefficient (Wildman–Crippen LogP) is 3.90. The van der Waals surface area contributed by atoms with Gasteiger partial charge in [-0.05, 0) is 82.1 Å². The first-order valence-corrected chi connectivity index (χ1v) is 14.3. The van der Waals surface area contributed by atoms with Crippen molar-refractivity contribution in [2.45, 2.75) is 88.8 Å². The van der Waals surface area contributed by atoms with Gasteiger partial charge >= 0.3 is 5.97 Å². The highest BCUT2D eigenvalue weighted by atomic mass is 16.7. The van der Waals surface area contributed by atoms with Crippen LogP contribution in [0.2, 0.25) is 0 Å². The zero-order valence-electron chi connectivity index (χ0n) is 22.9. The lowest BCUT2D eigenvalue weighted by atomic mass is 9.87. The molecule has 2 aliphatic carbocycles. The van der Waals surface area contributed by atoms with Crippen LogP contribution in [0.3, 0.4) is 0 Å². The Morgan fingerprint density at radius 3 is 1.79 bits per heavy atom. The van der Waals surface area contributed by atoms with Crippen LogP contribution in [0.4, 0.5) is 0 Å². The Hall–Kier alpha value is -1.79. The molecule has 2 saturated heterocycles. The van der Waals surface area contributed by atoms with Gasteiger partial charge in [-0.3, -0.25) is 4.79 Å². The van der Waals surface area contributed by atoms with Gasteiger partial charge in [-0.1, -0.05) is 0 Å². The third kappa shape index (κ3) is 9.97. The molecule has 2 heterocycles. The average Bonchev–Trinajstić information content (AvgIpc) is 3.88. The quantitative estimate of drug-likeness (QED) is 0.0989. The number of carbonyl (C=O) groups excluding carboxylic acids is 1. The Balaban J connectivity index is 0.931. The van der Waals surface area contributed by atoms with Crippen LogP contribution in [0, 0.1) is 12.8 Å². The summed E-state index contributed by atoms with van der Waals surface area (Å²) in [7, 11) is 0. The van der Waals surface area contributed by atoms with Crippen molar-refractivity contribution < 1.29 is 47.4 Å². The molecule has 2 atom stereocenters. The van der Waals surface area contributed by atoms with Crippen LogP contribution in [0.5, 0.6) is 11.5 Å². The highest BCUT2D eigenvalue weighted by Crippen LogP contribution is 2.30. The molecule has 2 saturated carbocycles. The second-order valence-electron chi connectivity index (χ2n) is 10.9. The zero-order chi connectivity index (χ0) is 26.9. The lowest BCUT2D eigenvalue weighted by Gasteiger charge is -2.28. The number of epoxide rings is 2. The zero-order valence-corrected chi connectivity index (χ0v) is 22.9. The van der Waals surface area contributed by atoms with E-state index in [0.29, 0.717) is 25.8 Å². The minimum absolute atomic E-state index is 0.111. The van der Waals surface area contributed by atoms with E-state index in [1.165, 1.54) is 0 Å². The number of hydrogen-bond donors (Lipinski definition) is 0. The van der Waals surface area contributed by atoms with Crippen molar-refractivity contribution >= 4 is 5.97 Å². The van der Waals surface area contributed by atoms with E-state index < -0.39 is 0 Å². The van der Waals surface area contributed by atoms with Crippen LogP contribution in [0.25, 0.3) is 0 Å². The number of aryl methyl sites for hydroxylation is 1. The molecular formula is C29H42O10. The number of carbonyl (C=O) groups is 1. The SMILES string of the molecule is Cc1cc(OC(=O)C2CCC(OCOCC3CO3)CC2)ccc1OCOC1CCC(OCOCC2CO2)CC1. The molecule has 0 radical (unpaired) electrons. The molecule has 218 valence electrons. The fraction of sp³-hybridized carbons (Fsp3) is 0.759. The Morgan fingerprint density at radius 2 is 1.28 bits per heavy atom. The number of rotatable bonds is 16. The summed E-state index contributed by atoms with van der Waals surface area (Å²) in [6, 6.07) is 5.44. The second-order valence-corrected chi connectivity index (χ2v) is 10.9. The molecule has 0 spiro atoms. The predicted molar refractivity (Wildman–Crippen MR) is 138 cm³/mol. The summed E-state index contributed by atoms with van der Waals surface area (Å²) in [6.07, 6.45) is 7.96. The Kier molecular flexibility index (Phi) is 10.8. The van der Waals surface area contributed by atoms with Crippen molar-refractivity contribution in [3.8, 4) is 11.5 Å². The molecule has 10 nitrogen and oxygen atoms in total. The fourth-order valence-electron chi connectivity index (χ4n) is 5.05. The lowest BCUT2D eigenvalue weighted by Crippen LogP contribution is -2.29. The van der Waals surface area contributed by atoms with Crippen molar-refractivity contribution in [1.82, 2.24) is 0 Å². The van der Waals surface area contributed by atoms with Gasteiger partial charge in [0, 0.05) is 0 Å². The van der Waals surface area contributed by atoms with E-state index in [9.17, 15) is 4.79 Å². The second kappa shape index (κ2) is 14.7. The molecule has 1 aromatic carbocycles. The maximum absolute atomic E-state index is 12.7. The summed E-state index contributed by atoms with van der Waals surface area (Å²) >= 11 is 0. The lowest BCUT2D eigenvalue weighted by molar-refractivity contribution is -0.143. The molecular weight excluding hydrogens is 508 g/mol. The van der Waals surface area contributed by atoms with E-state index in [2.05, 4.69) is 0 Å². The van der Waals surface area contributed by atoms with Crippen molar-refractivity contribution in [2.24, 2.45) is 5.92 Å². The molecule has 39 heavy (non-hydrogen) atoms. The highest BCUT2D eigenvalue weighted by molar-refractivity contribution is 5.75. The summed E-state index contributed by atoms with van der Waals surface area (Å²) in [6.45, 7) is 5.51. The standard InChI is InChI=1S/C29H42O10/c1-20-12-25(39-29(30)21-2-4-22(5-3-21)35-17-31-13-26-15-33-26)10-11-28(20)38-19-37-24-8-6-23(7-9-24)36-18-32-14-27-16-34-27/h10-12,21-24,26-27H,2-9,13-19H2,1H3. The van der Waals surface area contributed by atoms with Gasteiger partial charge in [0.2, 0.25) is 0 Å². The summed E-state index contributed by atoms with van der Waals surface area (Å²) in [5.74, 6) is 0.958. The van der Waals surface area contributed by atoms with Gasteiger partial charge in [0.25, 0.3) is 0 Å². The van der Waals surface area contributed by atoms with Gasteiger partial charge in [-0.15, -0.1) is 0 Å². The van der Waals surface area contributed by atoms with E-state index in [0.717, 1.165) is 75.9 Å². The maximum Gasteiger partial charge on any atom is 0.314 e. The van der Waals surface area contributed by atoms with Crippen LogP contribution >= 0.6 is 0 Å². The van der Waals surface area contributed by atoms with Crippen molar-refractivity contribution in [1.29, 1.82) is 0 Å². The van der Waals surface area contributed by atoms with Gasteiger partial charge in [-0.25, -0.2) is 0 Å². The molecule has 4 aliphatic rings. The molecule has 4 fully saturated rings. The van der Waals surface area contributed by atoms with Gasteiger partial charge in [0.05, 0.1) is 50.7 Å². The van der Waals surface area contributed by atoms with E-state index in [1.807, 2.05) is 19.1 Å². The molecule has 5 rings (SSSR count). The smallest absolute Gasteiger partial charge is 0.314 e. The van der Waals surface area contributed by atoms with E-state index >= 15 is 0 Å². The molecule has 1 aromatic rings. The van der Waals surface area contributed by atoms with Crippen LogP contribution in [-0.4, -0.2) is 83.3 Å². The molecule has 0 amide bonds. The average molecular weight is 551 g/mol. The Bertz CT molecular complexity index is 886. The topological polar surface area (TPSA) is 107 Å². The number of esters is 1. The fourth-order valence-corrected chi connectivity index (χ4v) is 5.05. The van der Waals surface area contributed by atoms with Crippen LogP contribution < -0.4 is 9.47 Å². The summed E-state index contributed by atoms with van der Waals surface area (Å²) in [4.78, 5) is 12.7. The van der Waals surface area contributed by atoms with Crippen molar-refractivity contribution in [3.63, 3.8) is 0 Å². The summed E-state index contributed by atoms with van der Waals surface area (Å²) in [5.41, 5.74) is 0.895. The summed E-state index contributed by atoms with van der Waals surface area (Å²) < 4.78 is 50.2. The van der Waals surface area contributed by atoms with Crippen LogP contribution in [-0.2, 0) is 38.0 Å². The van der Waals surface area contributed by atoms with E-state index in [-0.39, 0.29) is 56.0 Å².